The van der Waals surface area contributed by atoms with Gasteiger partial charge in [0.15, 0.2) is 0 Å². The molecule has 0 saturated carbocycles. The summed E-state index contributed by atoms with van der Waals surface area (Å²) in [7, 11) is 0. The van der Waals surface area contributed by atoms with E-state index in [0.29, 0.717) is 0 Å². The Kier molecular flexibility index (Phi) is 4.95. The number of imidazole rings is 1. The number of hydrogen-bond donors (Lipinski definition) is 2. The first-order valence-corrected chi connectivity index (χ1v) is 9.47. The second kappa shape index (κ2) is 6.72. The van der Waals surface area contributed by atoms with E-state index in [9.17, 15) is 9.90 Å². The van der Waals surface area contributed by atoms with E-state index < -0.39 is 5.54 Å². The van der Waals surface area contributed by atoms with E-state index in [2.05, 4.69) is 23.7 Å². The van der Waals surface area contributed by atoms with Crippen LogP contribution >= 0.6 is 0 Å². The molecule has 2 aliphatic rings. The highest BCUT2D eigenvalue weighted by Crippen LogP contribution is 2.48. The fraction of sp³-hybridized carbons (Fsp3) is 0.789. The van der Waals surface area contributed by atoms with Crippen molar-refractivity contribution in [2.24, 2.45) is 5.41 Å². The monoisotopic (exact) mass is 348 g/mol. The summed E-state index contributed by atoms with van der Waals surface area (Å²) in [6, 6.07) is 0. The summed E-state index contributed by atoms with van der Waals surface area (Å²) in [6.07, 6.45) is 4.00. The van der Waals surface area contributed by atoms with E-state index >= 15 is 0 Å². The van der Waals surface area contributed by atoms with Crippen molar-refractivity contribution in [2.75, 3.05) is 26.2 Å². The molecule has 2 N–H and O–H groups in total. The van der Waals surface area contributed by atoms with Gasteiger partial charge in [-0.3, -0.25) is 9.69 Å². The molecular weight excluding hydrogens is 316 g/mol. The quantitative estimate of drug-likeness (QED) is 0.871. The van der Waals surface area contributed by atoms with Crippen LogP contribution in [0.1, 0.15) is 57.2 Å². The van der Waals surface area contributed by atoms with Crippen molar-refractivity contribution >= 4 is 5.91 Å². The molecule has 6 nitrogen and oxygen atoms in total. The minimum absolute atomic E-state index is 0.0459. The van der Waals surface area contributed by atoms with Crippen LogP contribution in [0.4, 0.5) is 0 Å². The standard InChI is InChI=1S/C19H32N4O2/c1-5-17-20-14(2)16(21-17)10-22-8-6-19(7-9-22)11-18(4,13-24)23(12-19)15(3)25/h24H,5-13H2,1-4H3,(H,20,21)/t18-/m0/s1. The zero-order valence-corrected chi connectivity index (χ0v) is 16.1. The summed E-state index contributed by atoms with van der Waals surface area (Å²) in [4.78, 5) is 24.4. The zero-order chi connectivity index (χ0) is 18.2. The Morgan fingerprint density at radius 2 is 2.04 bits per heavy atom. The van der Waals surface area contributed by atoms with Crippen LogP contribution in [0.2, 0.25) is 0 Å². The number of piperidine rings is 1. The number of likely N-dealkylation sites (tertiary alicyclic amines) is 2. The second-order valence-electron chi connectivity index (χ2n) is 8.32. The summed E-state index contributed by atoms with van der Waals surface area (Å²) >= 11 is 0. The Balaban J connectivity index is 1.63. The van der Waals surface area contributed by atoms with Crippen molar-refractivity contribution in [1.82, 2.24) is 19.8 Å². The lowest BCUT2D eigenvalue weighted by atomic mass is 9.74. The summed E-state index contributed by atoms with van der Waals surface area (Å²) < 4.78 is 0. The van der Waals surface area contributed by atoms with Gasteiger partial charge in [-0.1, -0.05) is 6.92 Å². The Labute approximate surface area is 150 Å². The van der Waals surface area contributed by atoms with Gasteiger partial charge in [-0.2, -0.15) is 0 Å². The topological polar surface area (TPSA) is 72.5 Å². The Morgan fingerprint density at radius 3 is 2.52 bits per heavy atom. The largest absolute Gasteiger partial charge is 0.394 e. The molecule has 0 aliphatic carbocycles. The summed E-state index contributed by atoms with van der Waals surface area (Å²) in [6.45, 7) is 11.6. The number of aliphatic hydroxyl groups is 1. The molecule has 0 radical (unpaired) electrons. The molecule has 6 heteroatoms. The number of aryl methyl sites for hydroxylation is 2. The molecule has 1 aromatic rings. The van der Waals surface area contributed by atoms with Crippen molar-refractivity contribution in [3.05, 3.63) is 17.2 Å². The number of nitrogens with one attached hydrogen (secondary N) is 1. The first kappa shape index (κ1) is 18.4. The summed E-state index contributed by atoms with van der Waals surface area (Å²) in [5, 5.41) is 9.85. The lowest BCUT2D eigenvalue weighted by Gasteiger charge is -2.39. The molecule has 2 aliphatic heterocycles. The highest BCUT2D eigenvalue weighted by molar-refractivity contribution is 5.74. The fourth-order valence-electron chi connectivity index (χ4n) is 4.74. The van der Waals surface area contributed by atoms with Gasteiger partial charge in [0.05, 0.1) is 17.8 Å². The Morgan fingerprint density at radius 1 is 1.36 bits per heavy atom. The highest BCUT2D eigenvalue weighted by atomic mass is 16.3. The van der Waals surface area contributed by atoms with Gasteiger partial charge in [-0.05, 0) is 51.6 Å². The number of carbonyl (C=O) groups is 1. The van der Waals surface area contributed by atoms with Crippen LogP contribution in [0.15, 0.2) is 0 Å². The molecule has 2 fully saturated rings. The number of rotatable bonds is 4. The molecule has 2 saturated heterocycles. The fourth-order valence-corrected chi connectivity index (χ4v) is 4.74. The van der Waals surface area contributed by atoms with Crippen LogP contribution in [-0.4, -0.2) is 62.6 Å². The number of nitrogens with zero attached hydrogens (tertiary/aromatic N) is 3. The average Bonchev–Trinajstić information content (AvgIpc) is 3.08. The van der Waals surface area contributed by atoms with Crippen molar-refractivity contribution < 1.29 is 9.90 Å². The third-order valence-corrected chi connectivity index (χ3v) is 6.28. The number of carbonyl (C=O) groups excluding carboxylic acids is 1. The number of hydrogen-bond acceptors (Lipinski definition) is 4. The first-order valence-electron chi connectivity index (χ1n) is 9.47. The molecule has 0 bridgehead atoms. The van der Waals surface area contributed by atoms with E-state index in [4.69, 9.17) is 4.98 Å². The van der Waals surface area contributed by atoms with Crippen LogP contribution in [0.25, 0.3) is 0 Å². The predicted molar refractivity (Wildman–Crippen MR) is 97.1 cm³/mol. The van der Waals surface area contributed by atoms with Crippen molar-refractivity contribution in [2.45, 2.75) is 65.5 Å². The van der Waals surface area contributed by atoms with Crippen molar-refractivity contribution in [1.29, 1.82) is 0 Å². The van der Waals surface area contributed by atoms with Gasteiger partial charge in [0.25, 0.3) is 0 Å². The number of amides is 1. The van der Waals surface area contributed by atoms with Gasteiger partial charge < -0.3 is 15.0 Å². The first-order chi connectivity index (χ1) is 11.8. The zero-order valence-electron chi connectivity index (χ0n) is 16.1. The predicted octanol–water partition coefficient (Wildman–Crippen LogP) is 1.87. The molecule has 0 unspecified atom stereocenters. The maximum Gasteiger partial charge on any atom is 0.219 e. The maximum absolute atomic E-state index is 12.0. The van der Waals surface area contributed by atoms with Gasteiger partial charge in [0.1, 0.15) is 5.82 Å². The minimum atomic E-state index is -0.400. The van der Waals surface area contributed by atoms with E-state index in [0.717, 1.165) is 63.4 Å². The Bertz CT molecular complexity index is 633. The van der Waals surface area contributed by atoms with Crippen LogP contribution in [0, 0.1) is 12.3 Å². The van der Waals surface area contributed by atoms with Crippen molar-refractivity contribution in [3.63, 3.8) is 0 Å². The van der Waals surface area contributed by atoms with Crippen molar-refractivity contribution in [3.8, 4) is 0 Å². The van der Waals surface area contributed by atoms with E-state index in [1.54, 1.807) is 6.92 Å². The van der Waals surface area contributed by atoms with Crippen LogP contribution in [0.3, 0.4) is 0 Å². The lowest BCUT2D eigenvalue weighted by molar-refractivity contribution is -0.134. The molecule has 1 aromatic heterocycles. The smallest absolute Gasteiger partial charge is 0.219 e. The SMILES string of the molecule is CCc1nc(CN2CCC3(CC2)CN(C(C)=O)[C@](C)(CO)C3)c(C)[nH]1. The molecule has 0 aromatic carbocycles. The Hall–Kier alpha value is -1.40. The van der Waals surface area contributed by atoms with Gasteiger partial charge in [-0.15, -0.1) is 0 Å². The third kappa shape index (κ3) is 3.47. The molecule has 3 heterocycles. The lowest BCUT2D eigenvalue weighted by Crippen LogP contribution is -2.46. The molecule has 1 amide bonds. The molecule has 3 rings (SSSR count). The van der Waals surface area contributed by atoms with Crippen LogP contribution < -0.4 is 0 Å². The average molecular weight is 348 g/mol. The summed E-state index contributed by atoms with van der Waals surface area (Å²) in [5.41, 5.74) is 2.09. The van der Waals surface area contributed by atoms with E-state index in [1.165, 1.54) is 5.69 Å². The van der Waals surface area contributed by atoms with E-state index in [1.807, 2.05) is 11.8 Å². The van der Waals surface area contributed by atoms with Gasteiger partial charge in [0, 0.05) is 32.1 Å². The van der Waals surface area contributed by atoms with Gasteiger partial charge >= 0.3 is 0 Å². The van der Waals surface area contributed by atoms with Crippen LogP contribution in [0.5, 0.6) is 0 Å². The van der Waals surface area contributed by atoms with Gasteiger partial charge in [0.2, 0.25) is 5.91 Å². The second-order valence-corrected chi connectivity index (χ2v) is 8.32. The van der Waals surface area contributed by atoms with E-state index in [-0.39, 0.29) is 17.9 Å². The minimum Gasteiger partial charge on any atom is -0.394 e. The number of H-pyrrole nitrogens is 1. The van der Waals surface area contributed by atoms with Crippen LogP contribution in [-0.2, 0) is 17.8 Å². The van der Waals surface area contributed by atoms with Gasteiger partial charge in [-0.25, -0.2) is 4.98 Å². The number of aliphatic hydroxyl groups excluding tert-OH is 1. The molecule has 1 spiro atoms. The molecule has 25 heavy (non-hydrogen) atoms. The summed E-state index contributed by atoms with van der Waals surface area (Å²) in [5.74, 6) is 1.14. The maximum atomic E-state index is 12.0. The highest BCUT2D eigenvalue weighted by Gasteiger charge is 2.52. The third-order valence-electron chi connectivity index (χ3n) is 6.28. The normalized spacial score (nSPS) is 26.5. The molecular formula is C19H32N4O2. The molecule has 1 atom stereocenters. The number of aromatic nitrogens is 2. The molecule has 140 valence electrons. The number of aromatic amines is 1.